The molecule has 1 saturated heterocycles. The molecular weight excluding hydrogens is 500 g/mol. The topological polar surface area (TPSA) is 62.2 Å². The number of ether oxygens (including phenoxy) is 2. The molecule has 1 heterocycles. The fraction of sp³-hybridized carbons (Fsp3) is 0.618. The lowest BCUT2D eigenvalue weighted by Crippen LogP contribution is -2.42. The summed E-state index contributed by atoms with van der Waals surface area (Å²) < 4.78 is 11.0. The first kappa shape index (κ1) is 28.9. The van der Waals surface area contributed by atoms with E-state index in [1.807, 2.05) is 0 Å². The van der Waals surface area contributed by atoms with E-state index in [1.54, 1.807) is 14.2 Å². The zero-order valence-corrected chi connectivity index (χ0v) is 24.7. The van der Waals surface area contributed by atoms with Crippen molar-refractivity contribution < 1.29 is 19.4 Å². The normalized spacial score (nSPS) is 25.9. The second-order valence-electron chi connectivity index (χ2n) is 12.3. The van der Waals surface area contributed by atoms with Gasteiger partial charge in [0.1, 0.15) is 5.75 Å². The van der Waals surface area contributed by atoms with Crippen LogP contribution >= 0.6 is 0 Å². The molecule has 2 aromatic carbocycles. The van der Waals surface area contributed by atoms with Crippen molar-refractivity contribution in [1.82, 2.24) is 0 Å². The Hall–Kier alpha value is -2.57. The van der Waals surface area contributed by atoms with E-state index in [9.17, 15) is 9.90 Å². The van der Waals surface area contributed by atoms with E-state index in [1.165, 1.54) is 16.8 Å². The number of carbonyl (C=O) groups is 1. The summed E-state index contributed by atoms with van der Waals surface area (Å²) in [6.45, 7) is 4.85. The molecule has 6 heteroatoms. The highest BCUT2D eigenvalue weighted by atomic mass is 16.5. The Morgan fingerprint density at radius 2 is 1.65 bits per heavy atom. The maximum Gasteiger partial charge on any atom is 0.230 e. The van der Waals surface area contributed by atoms with Crippen molar-refractivity contribution in [2.24, 2.45) is 11.8 Å². The van der Waals surface area contributed by atoms with Gasteiger partial charge in [0.05, 0.1) is 19.3 Å². The highest BCUT2D eigenvalue weighted by Gasteiger charge is 2.32. The predicted octanol–water partition coefficient (Wildman–Crippen LogP) is 6.48. The van der Waals surface area contributed by atoms with Crippen LogP contribution in [0.4, 0.5) is 11.4 Å². The van der Waals surface area contributed by atoms with Crippen LogP contribution in [0, 0.1) is 18.8 Å². The average Bonchev–Trinajstić information content (AvgIpc) is 3.00. The number of hydrogen-bond acceptors (Lipinski definition) is 5. The molecule has 2 saturated carbocycles. The van der Waals surface area contributed by atoms with Crippen molar-refractivity contribution in [3.8, 4) is 5.75 Å². The number of aryl methyl sites for hydroxylation is 1. The molecule has 40 heavy (non-hydrogen) atoms. The number of aliphatic hydroxyl groups excluding tert-OH is 1. The SMILES string of the molecule is COc1ccc([C@H]2CC[C@H](CN(c3cccc(N4CCC(OC)CC4)c3)C(=O)[C@H]3CC[C@H](O)CC3)CC2)cc1C. The molecule has 0 spiro atoms. The van der Waals surface area contributed by atoms with Gasteiger partial charge in [0.2, 0.25) is 5.91 Å². The minimum atomic E-state index is -0.257. The van der Waals surface area contributed by atoms with E-state index >= 15 is 0 Å². The molecule has 2 aromatic rings. The molecule has 0 atom stereocenters. The zero-order valence-electron chi connectivity index (χ0n) is 24.7. The number of benzene rings is 2. The largest absolute Gasteiger partial charge is 0.496 e. The minimum absolute atomic E-state index is 0.00289. The van der Waals surface area contributed by atoms with Crippen molar-refractivity contribution in [2.45, 2.75) is 89.3 Å². The van der Waals surface area contributed by atoms with Crippen LogP contribution in [0.3, 0.4) is 0 Å². The fourth-order valence-corrected chi connectivity index (χ4v) is 7.17. The Balaban J connectivity index is 1.29. The molecule has 0 bridgehead atoms. The summed E-state index contributed by atoms with van der Waals surface area (Å²) in [5.41, 5.74) is 4.83. The zero-order chi connectivity index (χ0) is 28.1. The quantitative estimate of drug-likeness (QED) is 0.409. The summed E-state index contributed by atoms with van der Waals surface area (Å²) in [5.74, 6) is 2.27. The van der Waals surface area contributed by atoms with Gasteiger partial charge in [-0.3, -0.25) is 4.79 Å². The Bertz CT molecular complexity index is 1110. The van der Waals surface area contributed by atoms with Crippen molar-refractivity contribution in [1.29, 1.82) is 0 Å². The molecule has 3 fully saturated rings. The van der Waals surface area contributed by atoms with Gasteiger partial charge in [-0.2, -0.15) is 0 Å². The van der Waals surface area contributed by atoms with Gasteiger partial charge in [-0.1, -0.05) is 18.2 Å². The lowest BCUT2D eigenvalue weighted by atomic mass is 9.78. The van der Waals surface area contributed by atoms with Gasteiger partial charge < -0.3 is 24.4 Å². The molecule has 3 aliphatic rings. The van der Waals surface area contributed by atoms with E-state index in [4.69, 9.17) is 9.47 Å². The number of nitrogens with zero attached hydrogens (tertiary/aromatic N) is 2. The molecule has 5 rings (SSSR count). The van der Waals surface area contributed by atoms with Crippen LogP contribution < -0.4 is 14.5 Å². The third kappa shape index (κ3) is 6.83. The molecule has 1 aliphatic heterocycles. The van der Waals surface area contributed by atoms with Crippen molar-refractivity contribution in [3.63, 3.8) is 0 Å². The Morgan fingerprint density at radius 1 is 0.925 bits per heavy atom. The summed E-state index contributed by atoms with van der Waals surface area (Å²) in [6.07, 6.45) is 9.75. The predicted molar refractivity (Wildman–Crippen MR) is 161 cm³/mol. The summed E-state index contributed by atoms with van der Waals surface area (Å²) in [6, 6.07) is 15.3. The second-order valence-corrected chi connectivity index (χ2v) is 12.3. The van der Waals surface area contributed by atoms with Crippen LogP contribution in [-0.2, 0) is 9.53 Å². The Morgan fingerprint density at radius 3 is 2.30 bits per heavy atom. The first-order chi connectivity index (χ1) is 19.4. The number of carbonyl (C=O) groups excluding carboxylic acids is 1. The van der Waals surface area contributed by atoms with E-state index in [0.29, 0.717) is 17.9 Å². The summed E-state index contributed by atoms with van der Waals surface area (Å²) in [7, 11) is 3.54. The molecule has 2 aliphatic carbocycles. The fourth-order valence-electron chi connectivity index (χ4n) is 7.17. The van der Waals surface area contributed by atoms with E-state index in [2.05, 4.69) is 59.2 Å². The van der Waals surface area contributed by atoms with E-state index in [0.717, 1.165) is 95.3 Å². The smallest absolute Gasteiger partial charge is 0.230 e. The van der Waals surface area contributed by atoms with E-state index in [-0.39, 0.29) is 17.9 Å². The first-order valence-electron chi connectivity index (χ1n) is 15.5. The lowest BCUT2D eigenvalue weighted by molar-refractivity contribution is -0.124. The number of amides is 1. The standard InChI is InChI=1S/C34H48N2O4/c1-24-21-28(13-16-33(24)40-3)26-9-7-25(8-10-26)23-36(34(38)27-11-14-31(37)15-12-27)30-6-4-5-29(22-30)35-19-17-32(39-2)18-20-35/h4-6,13,16,21-22,25-27,31-32,37H,7-12,14-15,17-20,23H2,1-3H3/t25-,26-,27-,31-. The average molecular weight is 549 g/mol. The van der Waals surface area contributed by atoms with Crippen LogP contribution in [0.25, 0.3) is 0 Å². The van der Waals surface area contributed by atoms with Gasteiger partial charge in [0.15, 0.2) is 0 Å². The van der Waals surface area contributed by atoms with Crippen LogP contribution in [0.15, 0.2) is 42.5 Å². The third-order valence-corrected chi connectivity index (χ3v) is 9.77. The van der Waals surface area contributed by atoms with Gasteiger partial charge in [-0.05, 0) is 118 Å². The van der Waals surface area contributed by atoms with Gasteiger partial charge in [0, 0.05) is 44.0 Å². The molecule has 0 unspecified atom stereocenters. The number of rotatable bonds is 8. The molecular formula is C34H48N2O4. The second kappa shape index (κ2) is 13.4. The number of methoxy groups -OCH3 is 2. The number of piperidine rings is 1. The monoisotopic (exact) mass is 548 g/mol. The van der Waals surface area contributed by atoms with Crippen molar-refractivity contribution in [2.75, 3.05) is 43.7 Å². The molecule has 0 radical (unpaired) electrons. The lowest BCUT2D eigenvalue weighted by Gasteiger charge is -2.37. The van der Waals surface area contributed by atoms with Gasteiger partial charge in [-0.25, -0.2) is 0 Å². The summed E-state index contributed by atoms with van der Waals surface area (Å²) >= 11 is 0. The van der Waals surface area contributed by atoms with E-state index < -0.39 is 0 Å². The molecule has 6 nitrogen and oxygen atoms in total. The number of hydrogen-bond donors (Lipinski definition) is 1. The van der Waals surface area contributed by atoms with Crippen LogP contribution in [0.2, 0.25) is 0 Å². The summed E-state index contributed by atoms with van der Waals surface area (Å²) in [5, 5.41) is 10.1. The van der Waals surface area contributed by atoms with Crippen molar-refractivity contribution >= 4 is 17.3 Å². The van der Waals surface area contributed by atoms with Gasteiger partial charge in [-0.15, -0.1) is 0 Å². The molecule has 1 amide bonds. The highest BCUT2D eigenvalue weighted by Crippen LogP contribution is 2.39. The summed E-state index contributed by atoms with van der Waals surface area (Å²) in [4.78, 5) is 18.6. The highest BCUT2D eigenvalue weighted by molar-refractivity contribution is 5.95. The third-order valence-electron chi connectivity index (χ3n) is 9.77. The molecule has 218 valence electrons. The first-order valence-corrected chi connectivity index (χ1v) is 15.5. The Kier molecular flexibility index (Phi) is 9.69. The Labute approximate surface area is 240 Å². The maximum absolute atomic E-state index is 14.0. The van der Waals surface area contributed by atoms with Crippen LogP contribution in [0.5, 0.6) is 5.75 Å². The number of aliphatic hydroxyl groups is 1. The van der Waals surface area contributed by atoms with Crippen molar-refractivity contribution in [3.05, 3.63) is 53.6 Å². The van der Waals surface area contributed by atoms with Crippen LogP contribution in [-0.4, -0.2) is 57.1 Å². The molecule has 0 aromatic heterocycles. The van der Waals surface area contributed by atoms with Gasteiger partial charge in [0.25, 0.3) is 0 Å². The maximum atomic E-state index is 14.0. The minimum Gasteiger partial charge on any atom is -0.496 e. The van der Waals surface area contributed by atoms with Crippen LogP contribution in [0.1, 0.15) is 81.3 Å². The molecule has 1 N–H and O–H groups in total. The number of anilines is 2. The van der Waals surface area contributed by atoms with Gasteiger partial charge >= 0.3 is 0 Å².